The Hall–Kier alpha value is -1.10. The quantitative estimate of drug-likeness (QED) is 0.535. The van der Waals surface area contributed by atoms with E-state index in [2.05, 4.69) is 5.32 Å². The molecule has 2 rings (SSSR count). The number of nitrogens with one attached hydrogen (secondary N) is 1. The predicted molar refractivity (Wildman–Crippen MR) is 83.6 cm³/mol. The molecule has 1 aromatic rings. The number of quaternary nitrogens is 2. The second-order valence-electron chi connectivity index (χ2n) is 6.01. The zero-order valence-corrected chi connectivity index (χ0v) is 13.0. The number of benzene rings is 1. The number of para-hydroxylation sites is 1. The maximum absolute atomic E-state index is 9.90. The molecule has 4 heteroatoms. The van der Waals surface area contributed by atoms with E-state index in [4.69, 9.17) is 4.74 Å². The zero-order valence-electron chi connectivity index (χ0n) is 13.0. The second kappa shape index (κ2) is 9.77. The van der Waals surface area contributed by atoms with Gasteiger partial charge in [0, 0.05) is 6.42 Å². The molecule has 118 valence electrons. The number of aliphatic hydroxyl groups is 1. The van der Waals surface area contributed by atoms with Crippen LogP contribution in [-0.4, -0.2) is 50.5 Å². The number of likely N-dealkylation sites (tertiary alicyclic amines) is 1. The number of hydrogen-bond acceptors (Lipinski definition) is 2. The van der Waals surface area contributed by atoms with Crippen LogP contribution in [0.2, 0.25) is 0 Å². The maximum atomic E-state index is 9.90. The fourth-order valence-electron chi connectivity index (χ4n) is 2.89. The van der Waals surface area contributed by atoms with Crippen molar-refractivity contribution in [1.29, 1.82) is 0 Å². The van der Waals surface area contributed by atoms with Gasteiger partial charge in [-0.2, -0.15) is 0 Å². The van der Waals surface area contributed by atoms with Crippen LogP contribution in [0.1, 0.15) is 25.7 Å². The van der Waals surface area contributed by atoms with Crippen molar-refractivity contribution in [3.63, 3.8) is 0 Å². The third kappa shape index (κ3) is 6.93. The van der Waals surface area contributed by atoms with Crippen LogP contribution in [0, 0.1) is 0 Å². The van der Waals surface area contributed by atoms with Gasteiger partial charge in [-0.15, -0.1) is 0 Å². The van der Waals surface area contributed by atoms with Gasteiger partial charge in [0.25, 0.3) is 0 Å². The van der Waals surface area contributed by atoms with Gasteiger partial charge in [-0.05, 0) is 31.4 Å². The van der Waals surface area contributed by atoms with Crippen LogP contribution in [0.3, 0.4) is 0 Å². The van der Waals surface area contributed by atoms with Gasteiger partial charge in [0.05, 0.1) is 26.2 Å². The second-order valence-corrected chi connectivity index (χ2v) is 6.01. The fraction of sp³-hybridized carbons (Fsp3) is 0.647. The molecule has 1 aromatic carbocycles. The first kappa shape index (κ1) is 16.3. The highest BCUT2D eigenvalue weighted by atomic mass is 16.5. The summed E-state index contributed by atoms with van der Waals surface area (Å²) in [6.07, 6.45) is 5.06. The summed E-state index contributed by atoms with van der Waals surface area (Å²) < 4.78 is 5.55. The summed E-state index contributed by atoms with van der Waals surface area (Å²) in [4.78, 5) is 1.77. The molecule has 0 aliphatic carbocycles. The van der Waals surface area contributed by atoms with Crippen molar-refractivity contribution in [1.82, 2.24) is 0 Å². The monoisotopic (exact) mass is 294 g/mol. The summed E-state index contributed by atoms with van der Waals surface area (Å²) in [6.45, 7) is 6.19. The lowest BCUT2D eigenvalue weighted by atomic mass is 10.1. The summed E-state index contributed by atoms with van der Waals surface area (Å²) >= 11 is 0. The Bertz CT molecular complexity index is 366. The molecule has 0 radical (unpaired) electrons. The Morgan fingerprint density at radius 2 is 1.90 bits per heavy atom. The van der Waals surface area contributed by atoms with Gasteiger partial charge in [-0.25, -0.2) is 0 Å². The van der Waals surface area contributed by atoms with Crippen molar-refractivity contribution in [3.05, 3.63) is 30.3 Å². The average molecular weight is 294 g/mol. The van der Waals surface area contributed by atoms with Crippen LogP contribution in [0.4, 0.5) is 0 Å². The van der Waals surface area contributed by atoms with Crippen LogP contribution in [-0.2, 0) is 0 Å². The van der Waals surface area contributed by atoms with E-state index in [-0.39, 0.29) is 0 Å². The van der Waals surface area contributed by atoms with Crippen LogP contribution in [0.15, 0.2) is 30.3 Å². The molecule has 21 heavy (non-hydrogen) atoms. The number of aliphatic hydroxyl groups excluding tert-OH is 1. The van der Waals surface area contributed by atoms with Gasteiger partial charge in [-0.1, -0.05) is 18.2 Å². The molecule has 1 aliphatic heterocycles. The van der Waals surface area contributed by atoms with Gasteiger partial charge in [-0.3, -0.25) is 0 Å². The molecule has 0 spiro atoms. The largest absolute Gasteiger partial charge is 0.491 e. The minimum Gasteiger partial charge on any atom is -0.491 e. The van der Waals surface area contributed by atoms with Crippen molar-refractivity contribution in [2.75, 3.05) is 39.3 Å². The summed E-state index contributed by atoms with van der Waals surface area (Å²) in [7, 11) is 0. The SMILES string of the molecule is OC(C[NH2+]CCC[NH+]1CCCCC1)COc1ccccc1. The Labute approximate surface area is 128 Å². The van der Waals surface area contributed by atoms with Crippen molar-refractivity contribution >= 4 is 0 Å². The number of hydrogen-bond donors (Lipinski definition) is 3. The lowest BCUT2D eigenvalue weighted by Crippen LogP contribution is -3.13. The van der Waals surface area contributed by atoms with E-state index in [1.807, 2.05) is 30.3 Å². The first-order valence-corrected chi connectivity index (χ1v) is 8.36. The summed E-state index contributed by atoms with van der Waals surface area (Å²) in [5.74, 6) is 0.824. The van der Waals surface area contributed by atoms with E-state index < -0.39 is 6.10 Å². The van der Waals surface area contributed by atoms with Gasteiger partial charge in [0.2, 0.25) is 0 Å². The minimum atomic E-state index is -0.396. The first-order valence-electron chi connectivity index (χ1n) is 8.36. The summed E-state index contributed by atoms with van der Waals surface area (Å²) in [6, 6.07) is 9.67. The number of piperidine rings is 1. The minimum absolute atomic E-state index is 0.373. The molecule has 1 unspecified atom stereocenters. The van der Waals surface area contributed by atoms with E-state index in [1.165, 1.54) is 45.3 Å². The van der Waals surface area contributed by atoms with Crippen molar-refractivity contribution < 1.29 is 20.1 Å². The van der Waals surface area contributed by atoms with E-state index in [9.17, 15) is 5.11 Å². The van der Waals surface area contributed by atoms with E-state index in [0.29, 0.717) is 6.61 Å². The van der Waals surface area contributed by atoms with Crippen molar-refractivity contribution in [3.8, 4) is 5.75 Å². The normalized spacial score (nSPS) is 17.6. The third-order valence-corrected chi connectivity index (χ3v) is 4.12. The maximum Gasteiger partial charge on any atom is 0.137 e. The Morgan fingerprint density at radius 3 is 2.67 bits per heavy atom. The predicted octanol–water partition coefficient (Wildman–Crippen LogP) is -0.551. The molecule has 1 saturated heterocycles. The molecule has 0 aromatic heterocycles. The van der Waals surface area contributed by atoms with Crippen molar-refractivity contribution in [2.45, 2.75) is 31.8 Å². The highest BCUT2D eigenvalue weighted by Crippen LogP contribution is 2.08. The molecule has 1 fully saturated rings. The smallest absolute Gasteiger partial charge is 0.137 e. The summed E-state index contributed by atoms with van der Waals surface area (Å²) in [5.41, 5.74) is 0. The molecule has 1 heterocycles. The molecule has 1 aliphatic rings. The van der Waals surface area contributed by atoms with Gasteiger partial charge >= 0.3 is 0 Å². The summed E-state index contributed by atoms with van der Waals surface area (Å²) in [5, 5.41) is 12.1. The van der Waals surface area contributed by atoms with Gasteiger partial charge in [0.1, 0.15) is 25.0 Å². The van der Waals surface area contributed by atoms with Gasteiger partial charge in [0.15, 0.2) is 0 Å². The van der Waals surface area contributed by atoms with E-state index in [1.54, 1.807) is 4.90 Å². The third-order valence-electron chi connectivity index (χ3n) is 4.12. The number of rotatable bonds is 9. The molecule has 1 atom stereocenters. The molecular formula is C17H30N2O2+2. The number of ether oxygens (including phenoxy) is 1. The lowest BCUT2D eigenvalue weighted by Gasteiger charge is -2.23. The zero-order chi connectivity index (χ0) is 14.8. The highest BCUT2D eigenvalue weighted by Gasteiger charge is 2.13. The first-order chi connectivity index (χ1) is 10.3. The Balaban J connectivity index is 1.46. The number of nitrogens with two attached hydrogens (primary N) is 1. The van der Waals surface area contributed by atoms with E-state index in [0.717, 1.165) is 18.8 Å². The molecule has 0 saturated carbocycles. The topological polar surface area (TPSA) is 50.5 Å². The molecular weight excluding hydrogens is 264 g/mol. The Morgan fingerprint density at radius 1 is 1.14 bits per heavy atom. The van der Waals surface area contributed by atoms with Crippen LogP contribution in [0.5, 0.6) is 5.75 Å². The van der Waals surface area contributed by atoms with Crippen LogP contribution >= 0.6 is 0 Å². The van der Waals surface area contributed by atoms with Crippen molar-refractivity contribution in [2.24, 2.45) is 0 Å². The highest BCUT2D eigenvalue weighted by molar-refractivity contribution is 5.20. The van der Waals surface area contributed by atoms with Crippen LogP contribution < -0.4 is 15.0 Å². The fourth-order valence-corrected chi connectivity index (χ4v) is 2.89. The van der Waals surface area contributed by atoms with Gasteiger partial charge < -0.3 is 20.1 Å². The average Bonchev–Trinajstić information content (AvgIpc) is 2.54. The lowest BCUT2D eigenvalue weighted by molar-refractivity contribution is -0.906. The molecule has 4 N–H and O–H groups in total. The van der Waals surface area contributed by atoms with Crippen LogP contribution in [0.25, 0.3) is 0 Å². The standard InChI is InChI=1S/C17H28N2O2/c20-16(15-21-17-8-3-1-4-9-17)14-18-10-7-13-19-11-5-2-6-12-19/h1,3-4,8-9,16,18,20H,2,5-7,10-15H2/p+2. The Kier molecular flexibility index (Phi) is 7.57. The molecule has 0 bridgehead atoms. The molecule has 4 nitrogen and oxygen atoms in total. The van der Waals surface area contributed by atoms with E-state index >= 15 is 0 Å². The molecule has 0 amide bonds.